The molecule has 5 nitrogen and oxygen atoms in total. The summed E-state index contributed by atoms with van der Waals surface area (Å²) in [4.78, 5) is 12.5. The van der Waals surface area contributed by atoms with Gasteiger partial charge in [-0.15, -0.1) is 0 Å². The first-order valence-electron chi connectivity index (χ1n) is 8.92. The molecule has 0 unspecified atom stereocenters. The molecule has 1 atom stereocenters. The maximum Gasteiger partial charge on any atom is 0.170 e. The molecule has 0 spiro atoms. The minimum Gasteiger partial charge on any atom is -0.508 e. The van der Waals surface area contributed by atoms with Gasteiger partial charge < -0.3 is 19.4 Å². The smallest absolute Gasteiger partial charge is 0.170 e. The van der Waals surface area contributed by atoms with E-state index in [1.54, 1.807) is 30.3 Å². The molecule has 0 fully saturated rings. The number of carbonyl (C=O) groups excluding carboxylic acids is 1. The third-order valence-electron chi connectivity index (χ3n) is 4.97. The maximum absolute atomic E-state index is 12.5. The van der Waals surface area contributed by atoms with E-state index in [0.29, 0.717) is 17.1 Å². The number of hydrogen-bond donors (Lipinski definition) is 2. The van der Waals surface area contributed by atoms with Crippen molar-refractivity contribution < 1.29 is 24.2 Å². The molecule has 1 aliphatic rings. The van der Waals surface area contributed by atoms with E-state index in [1.807, 2.05) is 24.3 Å². The Morgan fingerprint density at radius 1 is 0.857 bits per heavy atom. The Morgan fingerprint density at radius 3 is 2.46 bits per heavy atom. The first-order valence-corrected chi connectivity index (χ1v) is 8.92. The molecule has 1 aliphatic heterocycles. The predicted molar refractivity (Wildman–Crippen MR) is 104 cm³/mol. The van der Waals surface area contributed by atoms with E-state index in [-0.39, 0.29) is 23.7 Å². The first-order chi connectivity index (χ1) is 13.6. The molecule has 28 heavy (non-hydrogen) atoms. The van der Waals surface area contributed by atoms with Crippen molar-refractivity contribution in [2.24, 2.45) is 0 Å². The lowest BCUT2D eigenvalue weighted by molar-refractivity contribution is 0.0850. The molecule has 0 saturated carbocycles. The Kier molecular flexibility index (Phi) is 3.62. The summed E-state index contributed by atoms with van der Waals surface area (Å²) in [6, 6.07) is 19.0. The van der Waals surface area contributed by atoms with Crippen LogP contribution in [-0.2, 0) is 0 Å². The Hall–Kier alpha value is -3.73. The number of hydrogen-bond acceptors (Lipinski definition) is 5. The van der Waals surface area contributed by atoms with Crippen LogP contribution in [0.4, 0.5) is 0 Å². The Morgan fingerprint density at radius 2 is 1.64 bits per heavy atom. The molecule has 5 heteroatoms. The van der Waals surface area contributed by atoms with Crippen LogP contribution in [0.1, 0.15) is 28.4 Å². The zero-order valence-corrected chi connectivity index (χ0v) is 14.8. The van der Waals surface area contributed by atoms with Gasteiger partial charge in [0.05, 0.1) is 12.0 Å². The quantitative estimate of drug-likeness (QED) is 0.504. The second-order valence-corrected chi connectivity index (χ2v) is 6.87. The average Bonchev–Trinajstić information content (AvgIpc) is 3.11. The highest BCUT2D eigenvalue weighted by molar-refractivity contribution is 6.00. The van der Waals surface area contributed by atoms with Gasteiger partial charge in [-0.05, 0) is 60.2 Å². The molecular formula is C23H16O5. The van der Waals surface area contributed by atoms with Crippen LogP contribution in [0.25, 0.3) is 22.3 Å². The number of ketones is 1. The number of phenols is 2. The van der Waals surface area contributed by atoms with Crippen molar-refractivity contribution in [2.45, 2.75) is 12.5 Å². The number of phenolic OH excluding ortho intramolecular Hbond substituents is 2. The van der Waals surface area contributed by atoms with Gasteiger partial charge in [0.2, 0.25) is 0 Å². The maximum atomic E-state index is 12.5. The van der Waals surface area contributed by atoms with Crippen molar-refractivity contribution in [1.29, 1.82) is 0 Å². The number of fused-ring (bicyclic) bond motifs is 2. The van der Waals surface area contributed by atoms with Crippen LogP contribution in [-0.4, -0.2) is 16.0 Å². The number of furan rings is 1. The molecule has 0 bridgehead atoms. The summed E-state index contributed by atoms with van der Waals surface area (Å²) in [6.45, 7) is 0. The Labute approximate surface area is 160 Å². The fourth-order valence-electron chi connectivity index (χ4n) is 3.53. The monoisotopic (exact) mass is 372 g/mol. The van der Waals surface area contributed by atoms with E-state index in [1.165, 1.54) is 12.1 Å². The summed E-state index contributed by atoms with van der Waals surface area (Å²) in [5.74, 6) is 1.35. The van der Waals surface area contributed by atoms with Crippen LogP contribution >= 0.6 is 0 Å². The molecular weight excluding hydrogens is 356 g/mol. The summed E-state index contributed by atoms with van der Waals surface area (Å²) in [5.41, 5.74) is 2.96. The zero-order chi connectivity index (χ0) is 19.3. The largest absolute Gasteiger partial charge is 0.508 e. The van der Waals surface area contributed by atoms with Crippen LogP contribution in [0.2, 0.25) is 0 Å². The first kappa shape index (κ1) is 16.4. The van der Waals surface area contributed by atoms with Crippen molar-refractivity contribution >= 4 is 16.8 Å². The topological polar surface area (TPSA) is 79.9 Å². The van der Waals surface area contributed by atoms with Gasteiger partial charge in [0, 0.05) is 17.0 Å². The summed E-state index contributed by atoms with van der Waals surface area (Å²) in [7, 11) is 0. The highest BCUT2D eigenvalue weighted by atomic mass is 16.5. The number of ether oxygens (including phenoxy) is 1. The minimum absolute atomic E-state index is 0.0108. The fraction of sp³-hybridized carbons (Fsp3) is 0.0870. The molecule has 3 aromatic carbocycles. The van der Waals surface area contributed by atoms with Gasteiger partial charge in [-0.1, -0.05) is 6.07 Å². The van der Waals surface area contributed by atoms with E-state index in [9.17, 15) is 15.0 Å². The molecule has 4 aromatic rings. The van der Waals surface area contributed by atoms with E-state index in [4.69, 9.17) is 9.15 Å². The Balaban J connectivity index is 1.50. The van der Waals surface area contributed by atoms with Gasteiger partial charge in [0.15, 0.2) is 5.78 Å². The highest BCUT2D eigenvalue weighted by Gasteiger charge is 2.28. The molecule has 2 heterocycles. The molecule has 0 aliphatic carbocycles. The third kappa shape index (κ3) is 2.77. The van der Waals surface area contributed by atoms with Crippen LogP contribution < -0.4 is 4.74 Å². The molecule has 2 N–H and O–H groups in total. The standard InChI is InChI=1S/C23H16O5/c24-16-4-1-13(2-5-16)21-10-15-9-14(3-8-20(15)27-21)22-12-19(26)18-7-6-17(25)11-23(18)28-22/h1-11,22,24-25H,12H2/t22-/m0/s1. The fourth-order valence-corrected chi connectivity index (χ4v) is 3.53. The molecule has 1 aromatic heterocycles. The van der Waals surface area contributed by atoms with Gasteiger partial charge in [-0.25, -0.2) is 0 Å². The lowest BCUT2D eigenvalue weighted by atomic mass is 9.95. The van der Waals surface area contributed by atoms with Crippen molar-refractivity contribution in [3.63, 3.8) is 0 Å². The van der Waals surface area contributed by atoms with Gasteiger partial charge in [0.25, 0.3) is 0 Å². The summed E-state index contributed by atoms with van der Waals surface area (Å²) in [6.07, 6.45) is -0.176. The second-order valence-electron chi connectivity index (χ2n) is 6.87. The van der Waals surface area contributed by atoms with Crippen LogP contribution in [0.5, 0.6) is 17.2 Å². The summed E-state index contributed by atoms with van der Waals surface area (Å²) >= 11 is 0. The number of Topliss-reactive ketones (excluding diaryl/α,β-unsaturated/α-hetero) is 1. The Bertz CT molecular complexity index is 1200. The second kappa shape index (κ2) is 6.16. The van der Waals surface area contributed by atoms with Gasteiger partial charge >= 0.3 is 0 Å². The average molecular weight is 372 g/mol. The van der Waals surface area contributed by atoms with Crippen LogP contribution in [0, 0.1) is 0 Å². The number of rotatable bonds is 2. The van der Waals surface area contributed by atoms with Crippen LogP contribution in [0.15, 0.2) is 71.1 Å². The van der Waals surface area contributed by atoms with E-state index in [0.717, 1.165) is 22.1 Å². The van der Waals surface area contributed by atoms with E-state index in [2.05, 4.69) is 0 Å². The normalized spacial score (nSPS) is 16.0. The number of aromatic hydroxyl groups is 2. The van der Waals surface area contributed by atoms with E-state index >= 15 is 0 Å². The predicted octanol–water partition coefficient (Wildman–Crippen LogP) is 5.22. The number of benzene rings is 3. The lowest BCUT2D eigenvalue weighted by Gasteiger charge is -2.25. The highest BCUT2D eigenvalue weighted by Crippen LogP contribution is 2.38. The van der Waals surface area contributed by atoms with Crippen molar-refractivity contribution in [3.8, 4) is 28.6 Å². The summed E-state index contributed by atoms with van der Waals surface area (Å²) in [5, 5.41) is 20.0. The number of carbonyl (C=O) groups is 1. The SMILES string of the molecule is O=C1C[C@@H](c2ccc3oc(-c4ccc(O)cc4)cc3c2)Oc2cc(O)ccc21. The molecule has 0 radical (unpaired) electrons. The molecule has 5 rings (SSSR count). The van der Waals surface area contributed by atoms with Crippen molar-refractivity contribution in [1.82, 2.24) is 0 Å². The lowest BCUT2D eigenvalue weighted by Crippen LogP contribution is -2.20. The summed E-state index contributed by atoms with van der Waals surface area (Å²) < 4.78 is 11.9. The van der Waals surface area contributed by atoms with Gasteiger partial charge in [0.1, 0.15) is 34.7 Å². The third-order valence-corrected chi connectivity index (χ3v) is 4.97. The molecule has 0 amide bonds. The van der Waals surface area contributed by atoms with Crippen molar-refractivity contribution in [3.05, 3.63) is 77.9 Å². The zero-order valence-electron chi connectivity index (χ0n) is 14.8. The van der Waals surface area contributed by atoms with Gasteiger partial charge in [-0.3, -0.25) is 4.79 Å². The minimum atomic E-state index is -0.418. The molecule has 0 saturated heterocycles. The van der Waals surface area contributed by atoms with Crippen LogP contribution in [0.3, 0.4) is 0 Å². The van der Waals surface area contributed by atoms with Crippen molar-refractivity contribution in [2.75, 3.05) is 0 Å². The van der Waals surface area contributed by atoms with Gasteiger partial charge in [-0.2, -0.15) is 0 Å². The van der Waals surface area contributed by atoms with E-state index < -0.39 is 6.10 Å². The molecule has 138 valence electrons.